The van der Waals surface area contributed by atoms with Gasteiger partial charge in [0.25, 0.3) is 0 Å². The van der Waals surface area contributed by atoms with Crippen LogP contribution < -0.4 is 0 Å². The molecule has 1 atom stereocenters. The van der Waals surface area contributed by atoms with E-state index in [0.29, 0.717) is 16.7 Å². The summed E-state index contributed by atoms with van der Waals surface area (Å²) in [4.78, 5) is 21.7. The van der Waals surface area contributed by atoms with Crippen molar-refractivity contribution in [2.45, 2.75) is 18.7 Å². The number of nitriles is 1. The van der Waals surface area contributed by atoms with E-state index in [0.717, 1.165) is 6.08 Å². The number of Topliss-reactive ketones (excluding diaryl/α,β-unsaturated/α-hetero) is 1. The van der Waals surface area contributed by atoms with E-state index in [2.05, 4.69) is 0 Å². The summed E-state index contributed by atoms with van der Waals surface area (Å²) in [7, 11) is 0. The molecule has 5 heteroatoms. The van der Waals surface area contributed by atoms with E-state index in [4.69, 9.17) is 22.0 Å². The topological polar surface area (TPSA) is 78.2 Å². The number of carbonyl (C=O) groups is 2. The third-order valence-corrected chi connectivity index (χ3v) is 3.03. The predicted molar refractivity (Wildman–Crippen MR) is 71.7 cm³/mol. The smallest absolute Gasteiger partial charge is 0.328 e. The number of aliphatic carboxylic acids is 1. The van der Waals surface area contributed by atoms with E-state index in [1.54, 1.807) is 18.2 Å². The SMILES string of the molecule is CC(=O)C(Cl)c1ccc(/C=C/C(=O)O)cc1CC#N. The Morgan fingerprint density at radius 3 is 2.74 bits per heavy atom. The number of carbonyl (C=O) groups excluding carboxylic acids is 1. The summed E-state index contributed by atoms with van der Waals surface area (Å²) in [5.74, 6) is -1.25. The van der Waals surface area contributed by atoms with Crippen LogP contribution in [0.5, 0.6) is 0 Å². The summed E-state index contributed by atoms with van der Waals surface area (Å²) >= 11 is 5.99. The fourth-order valence-electron chi connectivity index (χ4n) is 1.60. The Balaban J connectivity index is 3.18. The van der Waals surface area contributed by atoms with Gasteiger partial charge in [0.2, 0.25) is 0 Å². The van der Waals surface area contributed by atoms with Gasteiger partial charge in [0.05, 0.1) is 12.5 Å². The van der Waals surface area contributed by atoms with E-state index in [9.17, 15) is 9.59 Å². The zero-order chi connectivity index (χ0) is 14.4. The predicted octanol–water partition coefficient (Wildman–Crippen LogP) is 2.72. The number of nitrogens with zero attached hydrogens (tertiary/aromatic N) is 1. The van der Waals surface area contributed by atoms with Crippen molar-refractivity contribution in [3.63, 3.8) is 0 Å². The first kappa shape index (κ1) is 14.9. The molecule has 0 heterocycles. The third-order valence-electron chi connectivity index (χ3n) is 2.48. The van der Waals surface area contributed by atoms with Gasteiger partial charge in [-0.1, -0.05) is 18.2 Å². The van der Waals surface area contributed by atoms with Crippen molar-refractivity contribution in [3.8, 4) is 6.07 Å². The highest BCUT2D eigenvalue weighted by Crippen LogP contribution is 2.26. The average molecular weight is 278 g/mol. The number of hydrogen-bond acceptors (Lipinski definition) is 3. The molecule has 0 radical (unpaired) electrons. The molecule has 0 bridgehead atoms. The van der Waals surface area contributed by atoms with Crippen LogP contribution in [-0.2, 0) is 16.0 Å². The molecule has 0 aliphatic carbocycles. The fourth-order valence-corrected chi connectivity index (χ4v) is 1.81. The second-order valence-electron chi connectivity index (χ2n) is 3.94. The molecule has 0 spiro atoms. The van der Waals surface area contributed by atoms with E-state index in [1.165, 1.54) is 13.0 Å². The number of ketones is 1. The van der Waals surface area contributed by atoms with Crippen molar-refractivity contribution in [2.75, 3.05) is 0 Å². The highest BCUT2D eigenvalue weighted by molar-refractivity contribution is 6.30. The first-order valence-electron chi connectivity index (χ1n) is 5.51. The molecule has 1 aromatic carbocycles. The molecule has 4 nitrogen and oxygen atoms in total. The van der Waals surface area contributed by atoms with Crippen molar-refractivity contribution >= 4 is 29.4 Å². The lowest BCUT2D eigenvalue weighted by Crippen LogP contribution is -2.05. The maximum Gasteiger partial charge on any atom is 0.328 e. The van der Waals surface area contributed by atoms with E-state index >= 15 is 0 Å². The number of alkyl halides is 1. The highest BCUT2D eigenvalue weighted by atomic mass is 35.5. The van der Waals surface area contributed by atoms with Gasteiger partial charge >= 0.3 is 5.97 Å². The quantitative estimate of drug-likeness (QED) is 0.663. The standard InChI is InChI=1S/C14H12ClNO3/c1-9(17)14(15)12-4-2-10(3-5-13(18)19)8-11(12)6-7-16/h2-5,8,14H,6H2,1H3,(H,18,19)/b5-3+. The summed E-state index contributed by atoms with van der Waals surface area (Å²) in [5.41, 5.74) is 1.86. The first-order valence-corrected chi connectivity index (χ1v) is 5.94. The number of benzene rings is 1. The van der Waals surface area contributed by atoms with Crippen LogP contribution in [0, 0.1) is 11.3 Å². The molecular weight excluding hydrogens is 266 g/mol. The average Bonchev–Trinajstić information content (AvgIpc) is 2.36. The molecule has 0 fully saturated rings. The summed E-state index contributed by atoms with van der Waals surface area (Å²) in [5, 5.41) is 16.6. The van der Waals surface area contributed by atoms with E-state index < -0.39 is 11.3 Å². The van der Waals surface area contributed by atoms with Gasteiger partial charge in [-0.25, -0.2) is 4.79 Å². The molecule has 19 heavy (non-hydrogen) atoms. The van der Waals surface area contributed by atoms with Crippen molar-refractivity contribution in [3.05, 3.63) is 41.0 Å². The molecule has 0 aromatic heterocycles. The van der Waals surface area contributed by atoms with Crippen molar-refractivity contribution in [2.24, 2.45) is 0 Å². The first-order chi connectivity index (χ1) is 8.95. The number of carboxylic acids is 1. The maximum atomic E-state index is 11.3. The Kier molecular flexibility index (Phi) is 5.28. The largest absolute Gasteiger partial charge is 0.478 e. The minimum Gasteiger partial charge on any atom is -0.478 e. The van der Waals surface area contributed by atoms with Crippen LogP contribution in [0.1, 0.15) is 29.0 Å². The normalized spacial score (nSPS) is 12.1. The molecule has 1 rings (SSSR count). The Hall–Kier alpha value is -2.12. The summed E-state index contributed by atoms with van der Waals surface area (Å²) < 4.78 is 0. The molecule has 1 N–H and O–H groups in total. The minimum absolute atomic E-state index is 0.112. The lowest BCUT2D eigenvalue weighted by Gasteiger charge is -2.11. The van der Waals surface area contributed by atoms with Crippen LogP contribution in [0.15, 0.2) is 24.3 Å². The zero-order valence-corrected chi connectivity index (χ0v) is 11.0. The summed E-state index contributed by atoms with van der Waals surface area (Å²) in [6.07, 6.45) is 2.54. The fraction of sp³-hybridized carbons (Fsp3) is 0.214. The third kappa shape index (κ3) is 4.23. The van der Waals surface area contributed by atoms with Crippen molar-refractivity contribution in [1.29, 1.82) is 5.26 Å². The van der Waals surface area contributed by atoms with Crippen LogP contribution in [0.3, 0.4) is 0 Å². The van der Waals surface area contributed by atoms with Crippen LogP contribution >= 0.6 is 11.6 Å². The van der Waals surface area contributed by atoms with Crippen molar-refractivity contribution < 1.29 is 14.7 Å². The van der Waals surface area contributed by atoms with E-state index in [1.807, 2.05) is 6.07 Å². The second-order valence-corrected chi connectivity index (χ2v) is 4.37. The van der Waals surface area contributed by atoms with Crippen LogP contribution in [0.4, 0.5) is 0 Å². The number of hydrogen-bond donors (Lipinski definition) is 1. The van der Waals surface area contributed by atoms with Gasteiger partial charge in [-0.15, -0.1) is 11.6 Å². The van der Waals surface area contributed by atoms with Gasteiger partial charge in [0.1, 0.15) is 5.38 Å². The molecule has 98 valence electrons. The van der Waals surface area contributed by atoms with Crippen LogP contribution in [0.25, 0.3) is 6.08 Å². The van der Waals surface area contributed by atoms with Gasteiger partial charge < -0.3 is 5.11 Å². The Morgan fingerprint density at radius 2 is 2.21 bits per heavy atom. The van der Waals surface area contributed by atoms with Crippen LogP contribution in [0.2, 0.25) is 0 Å². The van der Waals surface area contributed by atoms with Crippen LogP contribution in [-0.4, -0.2) is 16.9 Å². The molecule has 0 saturated heterocycles. The molecule has 0 amide bonds. The molecule has 0 aliphatic rings. The molecule has 1 aromatic rings. The van der Waals surface area contributed by atoms with Crippen molar-refractivity contribution in [1.82, 2.24) is 0 Å². The van der Waals surface area contributed by atoms with E-state index in [-0.39, 0.29) is 12.2 Å². The van der Waals surface area contributed by atoms with Gasteiger partial charge in [-0.3, -0.25) is 4.79 Å². The molecule has 0 aliphatic heterocycles. The number of halogens is 1. The number of carboxylic acid groups (broad SMARTS) is 1. The Bertz CT molecular complexity index is 573. The number of rotatable bonds is 5. The lowest BCUT2D eigenvalue weighted by molar-refractivity contribution is -0.131. The zero-order valence-electron chi connectivity index (χ0n) is 10.3. The lowest BCUT2D eigenvalue weighted by atomic mass is 9.97. The highest BCUT2D eigenvalue weighted by Gasteiger charge is 2.16. The van der Waals surface area contributed by atoms with Gasteiger partial charge in [-0.2, -0.15) is 5.26 Å². The Morgan fingerprint density at radius 1 is 1.53 bits per heavy atom. The maximum absolute atomic E-state index is 11.3. The Labute approximate surface area is 115 Å². The van der Waals surface area contributed by atoms with Gasteiger partial charge in [0, 0.05) is 6.08 Å². The second kappa shape index (κ2) is 6.72. The van der Waals surface area contributed by atoms with Gasteiger partial charge in [-0.05, 0) is 29.7 Å². The molecular formula is C14H12ClNO3. The summed E-state index contributed by atoms with van der Waals surface area (Å²) in [6, 6.07) is 6.97. The molecule has 0 saturated carbocycles. The minimum atomic E-state index is -1.05. The monoisotopic (exact) mass is 277 g/mol. The van der Waals surface area contributed by atoms with Gasteiger partial charge in [0.15, 0.2) is 5.78 Å². The molecule has 1 unspecified atom stereocenters. The summed E-state index contributed by atoms with van der Waals surface area (Å²) in [6.45, 7) is 1.38.